The van der Waals surface area contributed by atoms with Gasteiger partial charge in [0.05, 0.1) is 23.9 Å². The molecule has 2 aromatic carbocycles. The van der Waals surface area contributed by atoms with Gasteiger partial charge >= 0.3 is 18.0 Å². The Balaban J connectivity index is 2.05. The summed E-state index contributed by atoms with van der Waals surface area (Å²) in [6.07, 6.45) is 2.46. The minimum atomic E-state index is -1.24. The molecule has 35 heavy (non-hydrogen) atoms. The molecule has 0 spiro atoms. The van der Waals surface area contributed by atoms with Gasteiger partial charge in [0.15, 0.2) is 12.4 Å². The summed E-state index contributed by atoms with van der Waals surface area (Å²) in [6.45, 7) is -1.21. The van der Waals surface area contributed by atoms with Crippen LogP contribution in [0.25, 0.3) is 0 Å². The number of amides is 2. The summed E-state index contributed by atoms with van der Waals surface area (Å²) in [7, 11) is 1.16. The number of nitrogens with zero attached hydrogens (tertiary/aromatic N) is 2. The molecule has 1 atom stereocenters. The summed E-state index contributed by atoms with van der Waals surface area (Å²) >= 11 is 9.46. The van der Waals surface area contributed by atoms with E-state index in [9.17, 15) is 23.6 Å². The fourth-order valence-electron chi connectivity index (χ4n) is 3.35. The van der Waals surface area contributed by atoms with Gasteiger partial charge in [-0.3, -0.25) is 19.4 Å². The number of esters is 1. The first-order valence-corrected chi connectivity index (χ1v) is 11.2. The molecule has 2 amide bonds. The van der Waals surface area contributed by atoms with E-state index in [0.717, 1.165) is 12.0 Å². The predicted octanol–water partition coefficient (Wildman–Crippen LogP) is 4.33. The average molecular weight is 570 g/mol. The van der Waals surface area contributed by atoms with E-state index in [4.69, 9.17) is 26.2 Å². The molecule has 0 aliphatic carbocycles. The van der Waals surface area contributed by atoms with Gasteiger partial charge in [0.25, 0.3) is 0 Å². The first kappa shape index (κ1) is 26.2. The molecule has 0 fully saturated rings. The van der Waals surface area contributed by atoms with Crippen LogP contribution in [-0.4, -0.2) is 54.0 Å². The Kier molecular flexibility index (Phi) is 8.47. The number of ketones is 1. The van der Waals surface area contributed by atoms with E-state index >= 15 is 0 Å². The molecule has 0 radical (unpaired) electrons. The second-order valence-electron chi connectivity index (χ2n) is 7.32. The lowest BCUT2D eigenvalue weighted by molar-refractivity contribution is -0.140. The van der Waals surface area contributed by atoms with E-state index in [-0.39, 0.29) is 28.7 Å². The minimum Gasteiger partial charge on any atom is -0.480 e. The Hall–Kier alpha value is -3.44. The summed E-state index contributed by atoms with van der Waals surface area (Å²) in [5.74, 6) is -2.73. The molecule has 3 rings (SSSR count). The van der Waals surface area contributed by atoms with Crippen LogP contribution in [0.2, 0.25) is 5.02 Å². The van der Waals surface area contributed by atoms with Crippen LogP contribution in [0.4, 0.5) is 14.9 Å². The summed E-state index contributed by atoms with van der Waals surface area (Å²) in [6, 6.07) is 6.58. The maximum atomic E-state index is 13.7. The smallest absolute Gasteiger partial charge is 0.341 e. The molecule has 1 N–H and O–H groups in total. The van der Waals surface area contributed by atoms with Crippen molar-refractivity contribution < 1.29 is 38.1 Å². The standard InChI is InChI=1S/C23H19BrClFN2O7/c1-34-22(32)11-28(19-10-20(35-12-21(30)31)17(25)9-16(19)24)23(33)27-7-6-15(29)8-18(27)13-2-4-14(26)5-3-13/h2-7,9-10,18H,8,11-12H2,1H3,(H,30,31)/t18-/m0/s1. The lowest BCUT2D eigenvalue weighted by Gasteiger charge is -2.35. The highest BCUT2D eigenvalue weighted by Gasteiger charge is 2.34. The van der Waals surface area contributed by atoms with Gasteiger partial charge < -0.3 is 14.6 Å². The second-order valence-corrected chi connectivity index (χ2v) is 8.58. The zero-order valence-electron chi connectivity index (χ0n) is 18.2. The van der Waals surface area contributed by atoms with E-state index < -0.39 is 43.0 Å². The normalized spacial score (nSPS) is 15.0. The molecule has 0 bridgehead atoms. The van der Waals surface area contributed by atoms with E-state index in [1.165, 1.54) is 53.6 Å². The molecular formula is C23H19BrClFN2O7. The summed E-state index contributed by atoms with van der Waals surface area (Å²) in [5.41, 5.74) is 0.643. The number of benzene rings is 2. The molecule has 1 aliphatic heterocycles. The van der Waals surface area contributed by atoms with Crippen molar-refractivity contribution in [3.8, 4) is 5.75 Å². The van der Waals surface area contributed by atoms with E-state index in [0.29, 0.717) is 10.0 Å². The lowest BCUT2D eigenvalue weighted by atomic mass is 9.97. The number of rotatable bonds is 7. The number of methoxy groups -OCH3 is 1. The van der Waals surface area contributed by atoms with Gasteiger partial charge in [-0.2, -0.15) is 0 Å². The Labute approximate surface area is 212 Å². The van der Waals surface area contributed by atoms with E-state index in [1.807, 2.05) is 0 Å². The number of halogens is 3. The highest BCUT2D eigenvalue weighted by atomic mass is 79.9. The number of allylic oxidation sites excluding steroid dienone is 1. The average Bonchev–Trinajstić information content (AvgIpc) is 2.82. The molecule has 1 heterocycles. The Morgan fingerprint density at radius 1 is 1.26 bits per heavy atom. The van der Waals surface area contributed by atoms with Crippen LogP contribution in [0, 0.1) is 5.82 Å². The number of carbonyl (C=O) groups excluding carboxylic acids is 3. The number of ether oxygens (including phenoxy) is 2. The molecular weight excluding hydrogens is 551 g/mol. The molecule has 12 heteroatoms. The van der Waals surface area contributed by atoms with E-state index in [2.05, 4.69) is 15.9 Å². The van der Waals surface area contributed by atoms with Gasteiger partial charge in [-0.25, -0.2) is 14.0 Å². The molecule has 9 nitrogen and oxygen atoms in total. The molecule has 2 aromatic rings. The van der Waals surface area contributed by atoms with Crippen molar-refractivity contribution in [1.82, 2.24) is 4.90 Å². The monoisotopic (exact) mass is 568 g/mol. The van der Waals surface area contributed by atoms with Crippen LogP contribution in [0.3, 0.4) is 0 Å². The van der Waals surface area contributed by atoms with Crippen molar-refractivity contribution in [2.45, 2.75) is 12.5 Å². The van der Waals surface area contributed by atoms with Crippen molar-refractivity contribution >= 4 is 57.0 Å². The van der Waals surface area contributed by atoms with Gasteiger partial charge in [-0.15, -0.1) is 0 Å². The number of carbonyl (C=O) groups is 4. The van der Waals surface area contributed by atoms with Gasteiger partial charge in [-0.1, -0.05) is 23.7 Å². The third-order valence-corrected chi connectivity index (χ3v) is 5.95. The van der Waals surface area contributed by atoms with Crippen molar-refractivity contribution in [2.24, 2.45) is 0 Å². The van der Waals surface area contributed by atoms with Gasteiger partial charge in [0.2, 0.25) is 0 Å². The number of hydrogen-bond acceptors (Lipinski definition) is 6. The Morgan fingerprint density at radius 3 is 2.57 bits per heavy atom. The Morgan fingerprint density at radius 2 is 1.94 bits per heavy atom. The SMILES string of the molecule is COC(=O)CN(C(=O)N1C=CC(=O)C[C@H]1c1ccc(F)cc1)c1cc(OCC(=O)O)c(Cl)cc1Br. The van der Waals surface area contributed by atoms with Gasteiger partial charge in [-0.05, 0) is 45.8 Å². The number of carboxylic acids is 1. The fraction of sp³-hybridized carbons (Fsp3) is 0.217. The zero-order valence-corrected chi connectivity index (χ0v) is 20.6. The van der Waals surface area contributed by atoms with Crippen molar-refractivity contribution in [3.05, 3.63) is 69.6 Å². The number of urea groups is 1. The number of carboxylic acid groups (broad SMARTS) is 1. The molecule has 0 saturated carbocycles. The molecule has 1 aliphatic rings. The zero-order chi connectivity index (χ0) is 25.7. The van der Waals surface area contributed by atoms with Gasteiger partial charge in [0.1, 0.15) is 18.1 Å². The molecule has 0 saturated heterocycles. The predicted molar refractivity (Wildman–Crippen MR) is 127 cm³/mol. The summed E-state index contributed by atoms with van der Waals surface area (Å²) in [5, 5.41) is 8.99. The van der Waals surface area contributed by atoms with Crippen LogP contribution in [-0.2, 0) is 19.1 Å². The summed E-state index contributed by atoms with van der Waals surface area (Å²) < 4.78 is 23.7. The highest BCUT2D eigenvalue weighted by Crippen LogP contribution is 2.38. The molecule has 184 valence electrons. The highest BCUT2D eigenvalue weighted by molar-refractivity contribution is 9.10. The maximum absolute atomic E-state index is 13.7. The topological polar surface area (TPSA) is 113 Å². The number of hydrogen-bond donors (Lipinski definition) is 1. The first-order valence-electron chi connectivity index (χ1n) is 10.1. The van der Waals surface area contributed by atoms with Crippen LogP contribution >= 0.6 is 27.5 Å². The quantitative estimate of drug-likeness (QED) is 0.494. The van der Waals surface area contributed by atoms with Crippen LogP contribution in [0.15, 0.2) is 53.1 Å². The van der Waals surface area contributed by atoms with Crippen molar-refractivity contribution in [1.29, 1.82) is 0 Å². The van der Waals surface area contributed by atoms with E-state index in [1.54, 1.807) is 0 Å². The third-order valence-electron chi connectivity index (χ3n) is 5.02. The number of aliphatic carboxylic acids is 1. The fourth-order valence-corrected chi connectivity index (χ4v) is 4.26. The maximum Gasteiger partial charge on any atom is 0.341 e. The van der Waals surface area contributed by atoms with Crippen LogP contribution < -0.4 is 9.64 Å². The third kappa shape index (κ3) is 6.37. The first-order chi connectivity index (χ1) is 16.6. The van der Waals surface area contributed by atoms with Gasteiger partial charge in [0, 0.05) is 23.2 Å². The minimum absolute atomic E-state index is 0.0330. The second kappa shape index (κ2) is 11.3. The van der Waals surface area contributed by atoms with Crippen LogP contribution in [0.5, 0.6) is 5.75 Å². The van der Waals surface area contributed by atoms with Crippen LogP contribution in [0.1, 0.15) is 18.0 Å². The van der Waals surface area contributed by atoms with Crippen molar-refractivity contribution in [3.63, 3.8) is 0 Å². The molecule has 0 unspecified atom stereocenters. The Bertz CT molecular complexity index is 1190. The summed E-state index contributed by atoms with van der Waals surface area (Å²) in [4.78, 5) is 51.3. The van der Waals surface area contributed by atoms with Crippen molar-refractivity contribution in [2.75, 3.05) is 25.2 Å². The lowest BCUT2D eigenvalue weighted by Crippen LogP contribution is -2.46. The number of anilines is 1. The molecule has 0 aromatic heterocycles. The largest absolute Gasteiger partial charge is 0.480 e.